The van der Waals surface area contributed by atoms with E-state index in [1.807, 2.05) is 43.4 Å². The summed E-state index contributed by atoms with van der Waals surface area (Å²) in [5.41, 5.74) is -0.0211. The molecule has 1 aliphatic rings. The Kier molecular flexibility index (Phi) is 4.15. The van der Waals surface area contributed by atoms with Crippen molar-refractivity contribution in [3.8, 4) is 0 Å². The van der Waals surface area contributed by atoms with Crippen LogP contribution in [0.25, 0.3) is 0 Å². The van der Waals surface area contributed by atoms with Crippen LogP contribution in [0.2, 0.25) is 0 Å². The summed E-state index contributed by atoms with van der Waals surface area (Å²) in [7, 11) is 3.62. The van der Waals surface area contributed by atoms with Gasteiger partial charge in [-0.25, -0.2) is 0 Å². The highest BCUT2D eigenvalue weighted by atomic mass is 16.7. The molecule has 1 saturated heterocycles. The van der Waals surface area contributed by atoms with E-state index in [1.54, 1.807) is 6.20 Å². The predicted molar refractivity (Wildman–Crippen MR) is 77.0 cm³/mol. The minimum Gasteiger partial charge on any atom is -0.404 e. The van der Waals surface area contributed by atoms with Crippen LogP contribution in [0.3, 0.4) is 0 Å². The van der Waals surface area contributed by atoms with Gasteiger partial charge in [-0.3, -0.25) is 0 Å². The second kappa shape index (κ2) is 4.90. The first-order chi connectivity index (χ1) is 7.69. The normalized spacial score (nSPS) is 22.9. The smallest absolute Gasteiger partial charge is 0.404 e. The molecule has 1 aliphatic heterocycles. The lowest BCUT2D eigenvalue weighted by molar-refractivity contribution is 0.00578. The number of nitrogens with one attached hydrogen (secondary N) is 2. The third kappa shape index (κ3) is 3.16. The molecular formula is C10H21B3N2O2. The lowest BCUT2D eigenvalue weighted by Gasteiger charge is -2.32. The summed E-state index contributed by atoms with van der Waals surface area (Å²) < 4.78 is 11.7. The Balaban J connectivity index is 2.81. The van der Waals surface area contributed by atoms with E-state index in [9.17, 15) is 0 Å². The van der Waals surface area contributed by atoms with Gasteiger partial charge in [-0.2, -0.15) is 0 Å². The van der Waals surface area contributed by atoms with Crippen molar-refractivity contribution < 1.29 is 9.31 Å². The van der Waals surface area contributed by atoms with Crippen molar-refractivity contribution in [1.82, 2.24) is 5.32 Å². The molecule has 0 aromatic heterocycles. The largest absolute Gasteiger partial charge is 0.497 e. The number of hydrogen-bond acceptors (Lipinski definition) is 4. The van der Waals surface area contributed by atoms with Crippen molar-refractivity contribution in [2.24, 2.45) is 0 Å². The Morgan fingerprint density at radius 2 is 1.71 bits per heavy atom. The summed E-state index contributed by atoms with van der Waals surface area (Å²) in [6.07, 6.45) is 3.07. The number of allylic oxidation sites excluding steroid dienone is 1. The van der Waals surface area contributed by atoms with Gasteiger partial charge in [0.25, 0.3) is 0 Å². The Bertz CT molecular complexity index is 314. The maximum atomic E-state index is 7.43. The van der Waals surface area contributed by atoms with Crippen molar-refractivity contribution in [1.29, 1.82) is 5.41 Å². The second-order valence-corrected chi connectivity index (χ2v) is 5.70. The van der Waals surface area contributed by atoms with Gasteiger partial charge in [0, 0.05) is 11.7 Å². The fraction of sp³-hybridized carbons (Fsp3) is 0.700. The molecule has 0 radical (unpaired) electrons. The quantitative estimate of drug-likeness (QED) is 0.498. The molecule has 1 rings (SSSR count). The van der Waals surface area contributed by atoms with Gasteiger partial charge in [0.05, 0.1) is 11.2 Å². The van der Waals surface area contributed by atoms with Crippen LogP contribution in [0.1, 0.15) is 27.7 Å². The van der Waals surface area contributed by atoms with Crippen LogP contribution in [-0.2, 0) is 9.31 Å². The highest BCUT2D eigenvalue weighted by molar-refractivity contribution is 6.60. The van der Waals surface area contributed by atoms with Crippen LogP contribution >= 0.6 is 0 Å². The summed E-state index contributed by atoms with van der Waals surface area (Å²) in [6, 6.07) is 0. The van der Waals surface area contributed by atoms with E-state index in [-0.39, 0.29) is 11.2 Å². The van der Waals surface area contributed by atoms with Crippen LogP contribution in [-0.4, -0.2) is 46.1 Å². The maximum absolute atomic E-state index is 7.43. The topological polar surface area (TPSA) is 54.3 Å². The van der Waals surface area contributed by atoms with Crippen LogP contribution in [0, 0.1) is 5.41 Å². The zero-order valence-corrected chi connectivity index (χ0v) is 11.6. The Labute approximate surface area is 106 Å². The molecule has 0 aliphatic carbocycles. The summed E-state index contributed by atoms with van der Waals surface area (Å²) in [6.45, 7) is 8.02. The third-order valence-electron chi connectivity index (χ3n) is 3.28. The predicted octanol–water partition coefficient (Wildman–Crippen LogP) is -0.709. The van der Waals surface area contributed by atoms with Gasteiger partial charge >= 0.3 is 7.12 Å². The first-order valence-electron chi connectivity index (χ1n) is 6.02. The highest BCUT2D eigenvalue weighted by Crippen LogP contribution is 2.38. The van der Waals surface area contributed by atoms with E-state index in [1.165, 1.54) is 6.21 Å². The lowest BCUT2D eigenvalue weighted by atomic mass is 9.77. The molecule has 4 nitrogen and oxygen atoms in total. The molecule has 0 spiro atoms. The van der Waals surface area contributed by atoms with Gasteiger partial charge in [0.15, 0.2) is 0 Å². The van der Waals surface area contributed by atoms with Gasteiger partial charge in [-0.1, -0.05) is 0 Å². The standard InChI is InChI=1S/C10H21B3N2O2/c1-9(2)10(3,4)17-13(16-9)7(5-14)6-15-8(11)12/h5-6,8,14-15H,11-12H2,1-4H3/b7-6+,14-5?. The zero-order chi connectivity index (χ0) is 13.3. The fourth-order valence-electron chi connectivity index (χ4n) is 1.42. The molecule has 1 heterocycles. The number of rotatable bonds is 4. The Morgan fingerprint density at radius 3 is 2.06 bits per heavy atom. The first kappa shape index (κ1) is 14.4. The molecule has 7 heteroatoms. The Morgan fingerprint density at radius 1 is 1.24 bits per heavy atom. The molecule has 0 unspecified atom stereocenters. The average molecular weight is 234 g/mol. The lowest BCUT2D eigenvalue weighted by Crippen LogP contribution is -2.41. The fourth-order valence-corrected chi connectivity index (χ4v) is 1.42. The van der Waals surface area contributed by atoms with E-state index in [0.29, 0.717) is 11.3 Å². The zero-order valence-electron chi connectivity index (χ0n) is 11.6. The van der Waals surface area contributed by atoms with Crippen molar-refractivity contribution in [3.63, 3.8) is 0 Å². The number of hydrogen-bond donors (Lipinski definition) is 2. The van der Waals surface area contributed by atoms with E-state index in [2.05, 4.69) is 5.32 Å². The van der Waals surface area contributed by atoms with E-state index < -0.39 is 7.12 Å². The highest BCUT2D eigenvalue weighted by Gasteiger charge is 2.52. The SMILES string of the molecule is BC(B)N/C=C(\C=N)B1OC(C)(C)C(C)(C)O1. The third-order valence-corrected chi connectivity index (χ3v) is 3.28. The van der Waals surface area contributed by atoms with Gasteiger partial charge in [-0.15, -0.1) is 0 Å². The molecule has 92 valence electrons. The van der Waals surface area contributed by atoms with Crippen molar-refractivity contribution in [3.05, 3.63) is 11.7 Å². The van der Waals surface area contributed by atoms with Crippen molar-refractivity contribution in [2.45, 2.75) is 44.7 Å². The van der Waals surface area contributed by atoms with Crippen LogP contribution < -0.4 is 5.32 Å². The molecule has 0 amide bonds. The molecule has 0 atom stereocenters. The molecule has 0 bridgehead atoms. The van der Waals surface area contributed by atoms with E-state index in [4.69, 9.17) is 14.7 Å². The molecule has 0 aromatic rings. The Hall–Kier alpha value is -0.675. The first-order valence-corrected chi connectivity index (χ1v) is 6.02. The molecule has 0 aromatic carbocycles. The van der Waals surface area contributed by atoms with Crippen LogP contribution in [0.5, 0.6) is 0 Å². The molecule has 2 N–H and O–H groups in total. The van der Waals surface area contributed by atoms with Crippen molar-refractivity contribution in [2.75, 3.05) is 0 Å². The van der Waals surface area contributed by atoms with E-state index >= 15 is 0 Å². The minimum absolute atomic E-state index is 0.326. The summed E-state index contributed by atoms with van der Waals surface area (Å²) in [5.74, 6) is 0.326. The van der Waals surface area contributed by atoms with Gasteiger partial charge in [-0.05, 0) is 39.7 Å². The summed E-state index contributed by atoms with van der Waals surface area (Å²) in [5, 5.41) is 10.6. The van der Waals surface area contributed by atoms with Crippen molar-refractivity contribution >= 4 is 29.0 Å². The monoisotopic (exact) mass is 234 g/mol. The minimum atomic E-state index is -0.469. The second-order valence-electron chi connectivity index (χ2n) is 5.70. The summed E-state index contributed by atoms with van der Waals surface area (Å²) in [4.78, 5) is 0. The molecule has 0 saturated carbocycles. The molecule has 17 heavy (non-hydrogen) atoms. The van der Waals surface area contributed by atoms with Gasteiger partial charge in [0.1, 0.15) is 15.7 Å². The van der Waals surface area contributed by atoms with E-state index in [0.717, 1.165) is 0 Å². The van der Waals surface area contributed by atoms with Crippen LogP contribution in [0.4, 0.5) is 0 Å². The van der Waals surface area contributed by atoms with Crippen LogP contribution in [0.15, 0.2) is 11.7 Å². The van der Waals surface area contributed by atoms with Gasteiger partial charge in [0.2, 0.25) is 0 Å². The molecule has 1 fully saturated rings. The average Bonchev–Trinajstić information content (AvgIpc) is 2.36. The van der Waals surface area contributed by atoms with Gasteiger partial charge < -0.3 is 20.0 Å². The maximum Gasteiger partial charge on any atom is 0.497 e. The molecular weight excluding hydrogens is 213 g/mol. The summed E-state index contributed by atoms with van der Waals surface area (Å²) >= 11 is 0.